The largest absolute Gasteiger partial charge is 0.381 e. The van der Waals surface area contributed by atoms with Crippen LogP contribution >= 0.6 is 11.3 Å². The van der Waals surface area contributed by atoms with E-state index in [9.17, 15) is 4.79 Å². The van der Waals surface area contributed by atoms with Crippen LogP contribution in [0.1, 0.15) is 28.8 Å². The molecule has 1 amide bonds. The molecule has 4 heteroatoms. The summed E-state index contributed by atoms with van der Waals surface area (Å²) >= 11 is 1.78. The van der Waals surface area contributed by atoms with E-state index in [0.717, 1.165) is 31.6 Å². The molecule has 1 fully saturated rings. The van der Waals surface area contributed by atoms with E-state index < -0.39 is 0 Å². The van der Waals surface area contributed by atoms with Crippen molar-refractivity contribution in [2.45, 2.75) is 31.6 Å². The maximum Gasteiger partial charge on any atom is 0.224 e. The molecule has 2 heterocycles. The smallest absolute Gasteiger partial charge is 0.224 e. The maximum absolute atomic E-state index is 12.3. The second-order valence-electron chi connectivity index (χ2n) is 6.31. The van der Waals surface area contributed by atoms with Gasteiger partial charge < -0.3 is 10.1 Å². The molecule has 1 N–H and O–H groups in total. The molecule has 0 spiro atoms. The van der Waals surface area contributed by atoms with Gasteiger partial charge in [-0.3, -0.25) is 4.79 Å². The van der Waals surface area contributed by atoms with Crippen molar-refractivity contribution in [3.8, 4) is 0 Å². The Morgan fingerprint density at radius 3 is 2.78 bits per heavy atom. The highest BCUT2D eigenvalue weighted by atomic mass is 32.1. The number of aryl methyl sites for hydroxylation is 1. The Balaban J connectivity index is 1.64. The predicted molar refractivity (Wildman–Crippen MR) is 93.9 cm³/mol. The number of hydrogen-bond acceptors (Lipinski definition) is 3. The van der Waals surface area contributed by atoms with Gasteiger partial charge in [-0.2, -0.15) is 0 Å². The van der Waals surface area contributed by atoms with Crippen molar-refractivity contribution in [2.24, 2.45) is 0 Å². The molecular formula is C19H23NO2S. The predicted octanol–water partition coefficient (Wildman–Crippen LogP) is 3.46. The summed E-state index contributed by atoms with van der Waals surface area (Å²) in [7, 11) is 0. The van der Waals surface area contributed by atoms with Crippen LogP contribution in [0.4, 0.5) is 0 Å². The molecule has 3 rings (SSSR count). The Morgan fingerprint density at radius 2 is 2.09 bits per heavy atom. The lowest BCUT2D eigenvalue weighted by Gasteiger charge is -2.36. The number of amides is 1. The summed E-state index contributed by atoms with van der Waals surface area (Å²) in [6, 6.07) is 12.4. The molecule has 23 heavy (non-hydrogen) atoms. The molecule has 1 aliphatic rings. The normalized spacial score (nSPS) is 16.9. The fraction of sp³-hybridized carbons (Fsp3) is 0.421. The first kappa shape index (κ1) is 16.2. The summed E-state index contributed by atoms with van der Waals surface area (Å²) in [4.78, 5) is 13.7. The minimum Gasteiger partial charge on any atom is -0.381 e. The van der Waals surface area contributed by atoms with Crippen LogP contribution in [0.3, 0.4) is 0 Å². The molecule has 122 valence electrons. The summed E-state index contributed by atoms with van der Waals surface area (Å²) in [6.45, 7) is 4.29. The third-order valence-electron chi connectivity index (χ3n) is 4.56. The fourth-order valence-corrected chi connectivity index (χ4v) is 4.18. The van der Waals surface area contributed by atoms with Crippen LogP contribution in [0.2, 0.25) is 0 Å². The SMILES string of the molecule is Cc1cccc(CC(=O)NCC2(c3cccs3)CCOCC2)c1. The van der Waals surface area contributed by atoms with E-state index >= 15 is 0 Å². The minimum absolute atomic E-state index is 0.0364. The number of benzene rings is 1. The average Bonchev–Trinajstić information content (AvgIpc) is 3.09. The first-order valence-corrected chi connectivity index (χ1v) is 9.00. The molecule has 1 aromatic heterocycles. The van der Waals surface area contributed by atoms with E-state index in [1.54, 1.807) is 11.3 Å². The second kappa shape index (κ2) is 7.28. The fourth-order valence-electron chi connectivity index (χ4n) is 3.19. The van der Waals surface area contributed by atoms with Crippen molar-refractivity contribution in [1.29, 1.82) is 0 Å². The first-order chi connectivity index (χ1) is 11.2. The van der Waals surface area contributed by atoms with Gasteiger partial charge in [0, 0.05) is 30.1 Å². The average molecular weight is 329 g/mol. The summed E-state index contributed by atoms with van der Waals surface area (Å²) < 4.78 is 5.53. The monoisotopic (exact) mass is 329 g/mol. The van der Waals surface area contributed by atoms with Crippen LogP contribution in [0.15, 0.2) is 41.8 Å². The zero-order valence-electron chi connectivity index (χ0n) is 13.5. The Bertz CT molecular complexity index is 645. The number of nitrogens with one attached hydrogen (secondary N) is 1. The quantitative estimate of drug-likeness (QED) is 0.912. The number of ether oxygens (including phenoxy) is 1. The van der Waals surface area contributed by atoms with Crippen LogP contribution < -0.4 is 5.32 Å². The van der Waals surface area contributed by atoms with Crippen molar-refractivity contribution in [3.63, 3.8) is 0 Å². The minimum atomic E-state index is 0.0364. The van der Waals surface area contributed by atoms with Gasteiger partial charge in [-0.15, -0.1) is 11.3 Å². The zero-order chi connectivity index (χ0) is 16.1. The van der Waals surface area contributed by atoms with Crippen LogP contribution in [-0.2, 0) is 21.4 Å². The Labute approximate surface area is 141 Å². The van der Waals surface area contributed by atoms with Crippen molar-refractivity contribution < 1.29 is 9.53 Å². The van der Waals surface area contributed by atoms with Gasteiger partial charge in [0.2, 0.25) is 5.91 Å². The Kier molecular flexibility index (Phi) is 5.13. The third kappa shape index (κ3) is 4.01. The van der Waals surface area contributed by atoms with Gasteiger partial charge in [-0.05, 0) is 36.8 Å². The van der Waals surface area contributed by atoms with Gasteiger partial charge >= 0.3 is 0 Å². The van der Waals surface area contributed by atoms with Crippen molar-refractivity contribution >= 4 is 17.2 Å². The van der Waals surface area contributed by atoms with E-state index in [0.29, 0.717) is 13.0 Å². The molecule has 0 unspecified atom stereocenters. The van der Waals surface area contributed by atoms with Crippen molar-refractivity contribution in [3.05, 3.63) is 57.8 Å². The van der Waals surface area contributed by atoms with Gasteiger partial charge in [0.15, 0.2) is 0 Å². The second-order valence-corrected chi connectivity index (χ2v) is 7.26. The summed E-state index contributed by atoms with van der Waals surface area (Å²) in [5.74, 6) is 0.0954. The molecule has 1 aromatic carbocycles. The van der Waals surface area contributed by atoms with Crippen molar-refractivity contribution in [2.75, 3.05) is 19.8 Å². The maximum atomic E-state index is 12.3. The van der Waals surface area contributed by atoms with Crippen LogP contribution in [0.5, 0.6) is 0 Å². The lowest BCUT2D eigenvalue weighted by molar-refractivity contribution is -0.120. The van der Waals surface area contributed by atoms with Gasteiger partial charge in [0.05, 0.1) is 6.42 Å². The molecule has 0 aliphatic carbocycles. The molecule has 0 saturated carbocycles. The third-order valence-corrected chi connectivity index (χ3v) is 5.68. The van der Waals surface area contributed by atoms with Gasteiger partial charge in [-0.25, -0.2) is 0 Å². The molecular weight excluding hydrogens is 306 g/mol. The van der Waals surface area contributed by atoms with E-state index in [1.165, 1.54) is 10.4 Å². The molecule has 0 radical (unpaired) electrons. The van der Waals surface area contributed by atoms with Gasteiger partial charge in [0.25, 0.3) is 0 Å². The van der Waals surface area contributed by atoms with Crippen LogP contribution in [0.25, 0.3) is 0 Å². The lowest BCUT2D eigenvalue weighted by atomic mass is 9.78. The highest BCUT2D eigenvalue weighted by molar-refractivity contribution is 7.10. The van der Waals surface area contributed by atoms with Crippen LogP contribution in [0, 0.1) is 6.92 Å². The van der Waals surface area contributed by atoms with Crippen molar-refractivity contribution in [1.82, 2.24) is 5.32 Å². The number of carbonyl (C=O) groups excluding carboxylic acids is 1. The molecule has 1 saturated heterocycles. The van der Waals surface area contributed by atoms with Gasteiger partial charge in [-0.1, -0.05) is 35.9 Å². The van der Waals surface area contributed by atoms with Gasteiger partial charge in [0.1, 0.15) is 0 Å². The van der Waals surface area contributed by atoms with E-state index in [2.05, 4.69) is 41.9 Å². The molecule has 3 nitrogen and oxygen atoms in total. The molecule has 2 aromatic rings. The van der Waals surface area contributed by atoms with E-state index in [-0.39, 0.29) is 11.3 Å². The highest BCUT2D eigenvalue weighted by Gasteiger charge is 2.35. The van der Waals surface area contributed by atoms with E-state index in [1.807, 2.05) is 12.1 Å². The molecule has 0 atom stereocenters. The molecule has 1 aliphatic heterocycles. The highest BCUT2D eigenvalue weighted by Crippen LogP contribution is 2.36. The summed E-state index contributed by atoms with van der Waals surface area (Å²) in [5.41, 5.74) is 2.30. The number of thiophene rings is 1. The first-order valence-electron chi connectivity index (χ1n) is 8.12. The summed E-state index contributed by atoms with van der Waals surface area (Å²) in [5, 5.41) is 5.27. The van der Waals surface area contributed by atoms with E-state index in [4.69, 9.17) is 4.74 Å². The number of carbonyl (C=O) groups is 1. The Hall–Kier alpha value is -1.65. The number of rotatable bonds is 5. The standard InChI is InChI=1S/C19H23NO2S/c1-15-4-2-5-16(12-15)13-18(21)20-14-19(7-9-22-10-8-19)17-6-3-11-23-17/h2-6,11-12H,7-10,13-14H2,1H3,(H,20,21). The number of hydrogen-bond donors (Lipinski definition) is 1. The lowest BCUT2D eigenvalue weighted by Crippen LogP contribution is -2.44. The zero-order valence-corrected chi connectivity index (χ0v) is 14.3. The Morgan fingerprint density at radius 1 is 1.26 bits per heavy atom. The molecule has 0 bridgehead atoms. The van der Waals surface area contributed by atoms with Crippen LogP contribution in [-0.4, -0.2) is 25.7 Å². The topological polar surface area (TPSA) is 38.3 Å². The summed E-state index contributed by atoms with van der Waals surface area (Å²) in [6.07, 6.45) is 2.38.